The molecule has 14 rings (SSSR count). The average Bonchev–Trinajstić information content (AvgIpc) is 3.96. The largest absolute Gasteiger partial charge is 0.468 e. The van der Waals surface area contributed by atoms with Crippen molar-refractivity contribution in [1.82, 2.24) is 4.57 Å². The lowest BCUT2D eigenvalue weighted by Crippen LogP contribution is -2.61. The number of nitrogens with zero attached hydrogens (tertiary/aromatic N) is 3. The molecule has 4 nitrogen and oxygen atoms in total. The molecule has 3 aliphatic rings. The third-order valence-corrected chi connectivity index (χ3v) is 14.5. The first kappa shape index (κ1) is 32.9. The minimum absolute atomic E-state index is 0.135. The van der Waals surface area contributed by atoms with Crippen molar-refractivity contribution in [2.75, 3.05) is 9.80 Å². The zero-order chi connectivity index (χ0) is 39.6. The zero-order valence-electron chi connectivity index (χ0n) is 33.3. The number of anilines is 6. The summed E-state index contributed by atoms with van der Waals surface area (Å²) in [7, 11) is 0. The second-order valence-corrected chi connectivity index (χ2v) is 18.7. The van der Waals surface area contributed by atoms with Crippen LogP contribution in [0, 0.1) is 0 Å². The van der Waals surface area contributed by atoms with Gasteiger partial charge in [-0.1, -0.05) is 124 Å². The van der Waals surface area contributed by atoms with Crippen molar-refractivity contribution < 1.29 is 4.42 Å². The van der Waals surface area contributed by atoms with Crippen molar-refractivity contribution in [3.8, 4) is 16.8 Å². The molecule has 60 heavy (non-hydrogen) atoms. The van der Waals surface area contributed by atoms with E-state index in [1.54, 1.807) is 0 Å². The average molecular weight is 786 g/mol. The second kappa shape index (κ2) is 11.4. The van der Waals surface area contributed by atoms with Gasteiger partial charge in [0.15, 0.2) is 0 Å². The number of para-hydroxylation sites is 3. The van der Waals surface area contributed by atoms with Crippen LogP contribution in [0.1, 0.15) is 26.3 Å². The molecule has 0 spiro atoms. The van der Waals surface area contributed by atoms with E-state index in [-0.39, 0.29) is 12.1 Å². The van der Waals surface area contributed by atoms with E-state index in [1.165, 1.54) is 104 Å². The summed E-state index contributed by atoms with van der Waals surface area (Å²) in [5.41, 5.74) is 18.8. The molecule has 0 atom stereocenters. The van der Waals surface area contributed by atoms with Gasteiger partial charge in [0.05, 0.1) is 45.1 Å². The summed E-state index contributed by atoms with van der Waals surface area (Å²) in [5, 5.41) is 6.21. The lowest BCUT2D eigenvalue weighted by Gasteiger charge is -2.45. The molecule has 0 saturated carbocycles. The molecule has 3 aliphatic heterocycles. The van der Waals surface area contributed by atoms with Gasteiger partial charge in [-0.15, -0.1) is 11.3 Å². The highest BCUT2D eigenvalue weighted by molar-refractivity contribution is 7.26. The van der Waals surface area contributed by atoms with Crippen LogP contribution in [0.4, 0.5) is 34.1 Å². The van der Waals surface area contributed by atoms with E-state index in [0.717, 1.165) is 22.3 Å². The Morgan fingerprint density at radius 3 is 2.05 bits per heavy atom. The molecule has 0 amide bonds. The molecule has 0 radical (unpaired) electrons. The minimum Gasteiger partial charge on any atom is -0.468 e. The van der Waals surface area contributed by atoms with Crippen LogP contribution < -0.4 is 26.4 Å². The highest BCUT2D eigenvalue weighted by Crippen LogP contribution is 2.55. The topological polar surface area (TPSA) is 24.6 Å². The van der Waals surface area contributed by atoms with Gasteiger partial charge < -0.3 is 18.8 Å². The van der Waals surface area contributed by atoms with Gasteiger partial charge in [0.25, 0.3) is 6.71 Å². The summed E-state index contributed by atoms with van der Waals surface area (Å²) < 4.78 is 12.4. The van der Waals surface area contributed by atoms with E-state index in [4.69, 9.17) is 4.42 Å². The number of hydrogen-bond acceptors (Lipinski definition) is 4. The fraction of sp³-hybridized carbons (Fsp3) is 0.0741. The van der Waals surface area contributed by atoms with Crippen LogP contribution in [0.5, 0.6) is 0 Å². The lowest BCUT2D eigenvalue weighted by atomic mass is 9.35. The van der Waals surface area contributed by atoms with Crippen LogP contribution in [0.15, 0.2) is 168 Å². The maximum atomic E-state index is 7.36. The Morgan fingerprint density at radius 1 is 0.517 bits per heavy atom. The van der Waals surface area contributed by atoms with Gasteiger partial charge in [-0.05, 0) is 93.7 Å². The van der Waals surface area contributed by atoms with E-state index in [1.807, 2.05) is 11.3 Å². The summed E-state index contributed by atoms with van der Waals surface area (Å²) in [6, 6.07) is 60.9. The molecule has 0 bridgehead atoms. The van der Waals surface area contributed by atoms with Gasteiger partial charge in [0.2, 0.25) is 0 Å². The molecule has 0 fully saturated rings. The smallest absolute Gasteiger partial charge is 0.297 e. The van der Waals surface area contributed by atoms with Gasteiger partial charge in [-0.3, -0.25) is 0 Å². The van der Waals surface area contributed by atoms with Crippen LogP contribution in [-0.2, 0) is 5.41 Å². The monoisotopic (exact) mass is 785 g/mol. The van der Waals surface area contributed by atoms with Gasteiger partial charge in [0, 0.05) is 47.7 Å². The van der Waals surface area contributed by atoms with E-state index >= 15 is 0 Å². The van der Waals surface area contributed by atoms with Gasteiger partial charge in [-0.25, -0.2) is 0 Å². The first-order valence-electron chi connectivity index (χ1n) is 20.9. The van der Waals surface area contributed by atoms with Gasteiger partial charge in [-0.2, -0.15) is 0 Å². The third-order valence-electron chi connectivity index (χ3n) is 13.4. The SMILES string of the molecule is CC(C)(C)c1cc2c3c(c1)N1c4c(cccc4-n4c5ccccc5c5cccc1c54)B3c1oc3ccc(-c4ccccc4)cc3c1N2c1cccc2sc3ccccc3c12. The second-order valence-electron chi connectivity index (χ2n) is 17.7. The zero-order valence-corrected chi connectivity index (χ0v) is 34.1. The van der Waals surface area contributed by atoms with E-state index in [0.29, 0.717) is 0 Å². The normalized spacial score (nSPS) is 13.8. The Morgan fingerprint density at radius 2 is 1.20 bits per heavy atom. The molecule has 6 heterocycles. The molecule has 8 aromatic carbocycles. The number of aromatic nitrogens is 1. The Balaban J connectivity index is 1.17. The van der Waals surface area contributed by atoms with Crippen molar-refractivity contribution in [1.29, 1.82) is 0 Å². The lowest BCUT2D eigenvalue weighted by molar-refractivity contribution is 0.590. The Kier molecular flexibility index (Phi) is 6.24. The first-order chi connectivity index (χ1) is 29.4. The van der Waals surface area contributed by atoms with E-state index < -0.39 is 0 Å². The molecule has 0 aliphatic carbocycles. The number of benzene rings is 8. The fourth-order valence-corrected chi connectivity index (χ4v) is 11.9. The summed E-state index contributed by atoms with van der Waals surface area (Å²) in [6.07, 6.45) is 0. The van der Waals surface area contributed by atoms with Crippen molar-refractivity contribution in [3.05, 3.63) is 169 Å². The van der Waals surface area contributed by atoms with Crippen LogP contribution in [0.25, 0.3) is 69.8 Å². The van der Waals surface area contributed by atoms with Crippen molar-refractivity contribution in [3.63, 3.8) is 0 Å². The van der Waals surface area contributed by atoms with Crippen molar-refractivity contribution >= 4 is 122 Å². The minimum atomic E-state index is -0.143. The standard InChI is InChI=1S/C54H36BN3OS/c1-54(2,3)33-29-43-49-44(30-33)58-41-22-11-18-35-34-16-7-9-20-39(34)56(50(35)41)42-23-12-19-38(52(42)58)55(49)53-51(37-28-32(26-27-45(37)59-53)31-14-5-4-6-15-31)57(43)40-21-13-25-47-48(40)36-17-8-10-24-46(36)60-47/h4-30H,1-3H3. The number of fused-ring (bicyclic) bond motifs is 14. The summed E-state index contributed by atoms with van der Waals surface area (Å²) in [6.45, 7) is 6.90. The Bertz CT molecular complexity index is 3680. The fourth-order valence-electron chi connectivity index (χ4n) is 10.8. The van der Waals surface area contributed by atoms with Crippen LogP contribution in [-0.4, -0.2) is 11.3 Å². The highest BCUT2D eigenvalue weighted by Gasteiger charge is 2.49. The number of hydrogen-bond donors (Lipinski definition) is 0. The number of furan rings is 1. The molecule has 0 saturated heterocycles. The van der Waals surface area contributed by atoms with Crippen LogP contribution in [0.2, 0.25) is 0 Å². The quantitative estimate of drug-likeness (QED) is 0.163. The van der Waals surface area contributed by atoms with Crippen molar-refractivity contribution in [2.24, 2.45) is 0 Å². The Labute approximate surface area is 351 Å². The maximum Gasteiger partial charge on any atom is 0.297 e. The maximum absolute atomic E-state index is 7.36. The van der Waals surface area contributed by atoms with Gasteiger partial charge >= 0.3 is 0 Å². The third kappa shape index (κ3) is 4.11. The Hall–Kier alpha value is -7.02. The van der Waals surface area contributed by atoms with E-state index in [2.05, 4.69) is 199 Å². The summed E-state index contributed by atoms with van der Waals surface area (Å²) in [4.78, 5) is 5.18. The van der Waals surface area contributed by atoms with Crippen LogP contribution >= 0.6 is 11.3 Å². The molecular formula is C54H36BN3OS. The highest BCUT2D eigenvalue weighted by atomic mass is 32.1. The molecule has 6 heteroatoms. The number of rotatable bonds is 2. The van der Waals surface area contributed by atoms with Crippen LogP contribution in [0.3, 0.4) is 0 Å². The predicted octanol–water partition coefficient (Wildman–Crippen LogP) is 13.3. The molecule has 282 valence electrons. The predicted molar refractivity (Wildman–Crippen MR) is 255 cm³/mol. The molecule has 0 unspecified atom stereocenters. The van der Waals surface area contributed by atoms with E-state index in [9.17, 15) is 0 Å². The number of thiophene rings is 1. The molecule has 11 aromatic rings. The first-order valence-corrected chi connectivity index (χ1v) is 21.7. The summed E-state index contributed by atoms with van der Waals surface area (Å²) >= 11 is 1.87. The molecular weight excluding hydrogens is 749 g/mol. The molecule has 0 N–H and O–H groups in total. The van der Waals surface area contributed by atoms with Gasteiger partial charge in [0.1, 0.15) is 5.58 Å². The summed E-state index contributed by atoms with van der Waals surface area (Å²) in [5.74, 6) is 0. The van der Waals surface area contributed by atoms with Crippen molar-refractivity contribution in [2.45, 2.75) is 26.2 Å². The molecule has 3 aromatic heterocycles.